The molecule has 1 saturated carbocycles. The molecule has 0 radical (unpaired) electrons. The van der Waals surface area contributed by atoms with Crippen LogP contribution in [-0.4, -0.2) is 12.8 Å². The predicted molar refractivity (Wildman–Crippen MR) is 72.9 cm³/mol. The molecule has 1 fully saturated rings. The van der Waals surface area contributed by atoms with Gasteiger partial charge >= 0.3 is 0 Å². The van der Waals surface area contributed by atoms with Gasteiger partial charge in [-0.2, -0.15) is 0 Å². The number of carbonyl (C=O) groups is 1. The Kier molecular flexibility index (Phi) is 4.99. The second-order valence-electron chi connectivity index (χ2n) is 4.29. The van der Waals surface area contributed by atoms with Gasteiger partial charge in [0.2, 0.25) is 0 Å². The monoisotopic (exact) mass is 273 g/mol. The summed E-state index contributed by atoms with van der Waals surface area (Å²) in [6, 6.07) is 7.58. The number of rotatable bonds is 2. The van der Waals surface area contributed by atoms with Crippen LogP contribution in [0, 0.1) is 0 Å². The van der Waals surface area contributed by atoms with Crippen molar-refractivity contribution in [2.45, 2.75) is 31.2 Å². The molecule has 2 rings (SSSR count). The molecule has 2 nitrogen and oxygen atoms in total. The van der Waals surface area contributed by atoms with Crippen molar-refractivity contribution < 1.29 is 4.79 Å². The second-order valence-corrected chi connectivity index (χ2v) is 4.73. The Balaban J connectivity index is 0.00000144. The van der Waals surface area contributed by atoms with E-state index in [2.05, 4.69) is 5.32 Å². The molecule has 0 heterocycles. The number of nitrogens with one attached hydrogen (secondary N) is 1. The van der Waals surface area contributed by atoms with Crippen molar-refractivity contribution in [2.24, 2.45) is 0 Å². The van der Waals surface area contributed by atoms with Gasteiger partial charge in [-0.1, -0.05) is 30.2 Å². The molecule has 1 unspecified atom stereocenters. The van der Waals surface area contributed by atoms with E-state index in [9.17, 15) is 4.79 Å². The normalized spacial score (nSPS) is 24.2. The molecule has 94 valence electrons. The van der Waals surface area contributed by atoms with Crippen molar-refractivity contribution in [1.29, 1.82) is 0 Å². The number of hydrogen-bond acceptors (Lipinski definition) is 2. The van der Waals surface area contributed by atoms with Crippen LogP contribution in [0.15, 0.2) is 24.3 Å². The van der Waals surface area contributed by atoms with Gasteiger partial charge in [0.05, 0.1) is 0 Å². The van der Waals surface area contributed by atoms with E-state index >= 15 is 0 Å². The first-order valence-corrected chi connectivity index (χ1v) is 6.05. The number of halogens is 2. The van der Waals surface area contributed by atoms with Gasteiger partial charge in [-0.05, 0) is 37.6 Å². The average Bonchev–Trinajstić information content (AvgIpc) is 2.31. The molecule has 0 saturated heterocycles. The lowest BCUT2D eigenvalue weighted by Gasteiger charge is -2.36. The van der Waals surface area contributed by atoms with Gasteiger partial charge in [-0.15, -0.1) is 12.4 Å². The maximum absolute atomic E-state index is 12.1. The Morgan fingerprint density at radius 2 is 1.88 bits per heavy atom. The van der Waals surface area contributed by atoms with E-state index < -0.39 is 5.54 Å². The van der Waals surface area contributed by atoms with Crippen molar-refractivity contribution in [3.8, 4) is 0 Å². The van der Waals surface area contributed by atoms with Gasteiger partial charge in [-0.3, -0.25) is 4.79 Å². The molecule has 0 aromatic heterocycles. The molecule has 0 aliphatic heterocycles. The molecule has 0 spiro atoms. The fourth-order valence-electron chi connectivity index (χ4n) is 2.48. The standard InChI is InChI=1S/C13H16ClNO.ClH/c1-15-13(9-3-2-4-12(13)16)10-5-7-11(14)8-6-10;/h5-8,15H,2-4,9H2,1H3;1H. The lowest BCUT2D eigenvalue weighted by Crippen LogP contribution is -2.49. The number of ketones is 1. The fraction of sp³-hybridized carbons (Fsp3) is 0.462. The molecule has 1 aromatic rings. The lowest BCUT2D eigenvalue weighted by molar-refractivity contribution is -0.127. The van der Waals surface area contributed by atoms with E-state index in [0.29, 0.717) is 17.2 Å². The van der Waals surface area contributed by atoms with Crippen LogP contribution in [0.3, 0.4) is 0 Å². The van der Waals surface area contributed by atoms with E-state index in [1.54, 1.807) is 0 Å². The third-order valence-electron chi connectivity index (χ3n) is 3.45. The van der Waals surface area contributed by atoms with E-state index in [1.165, 1.54) is 0 Å². The highest BCUT2D eigenvalue weighted by atomic mass is 35.5. The molecule has 1 aliphatic carbocycles. The first-order chi connectivity index (χ1) is 7.69. The number of likely N-dealkylation sites (N-methyl/N-ethyl adjacent to an activating group) is 1. The van der Waals surface area contributed by atoms with Crippen molar-refractivity contribution in [2.75, 3.05) is 7.05 Å². The van der Waals surface area contributed by atoms with Crippen molar-refractivity contribution in [3.05, 3.63) is 34.9 Å². The molecule has 4 heteroatoms. The summed E-state index contributed by atoms with van der Waals surface area (Å²) in [5.74, 6) is 0.295. The van der Waals surface area contributed by atoms with Crippen LogP contribution < -0.4 is 5.32 Å². The second kappa shape index (κ2) is 5.85. The molecule has 1 atom stereocenters. The van der Waals surface area contributed by atoms with E-state index in [1.807, 2.05) is 31.3 Å². The molecular formula is C13H17Cl2NO. The third-order valence-corrected chi connectivity index (χ3v) is 3.70. The molecule has 1 N–H and O–H groups in total. The zero-order chi connectivity index (χ0) is 11.6. The molecule has 0 bridgehead atoms. The largest absolute Gasteiger partial charge is 0.304 e. The maximum atomic E-state index is 12.1. The third kappa shape index (κ3) is 2.65. The van der Waals surface area contributed by atoms with E-state index in [-0.39, 0.29) is 12.4 Å². The Labute approximate surface area is 113 Å². The predicted octanol–water partition coefficient (Wildman–Crippen LogP) is 3.32. The summed E-state index contributed by atoms with van der Waals surface area (Å²) < 4.78 is 0. The van der Waals surface area contributed by atoms with Crippen molar-refractivity contribution in [1.82, 2.24) is 5.32 Å². The van der Waals surface area contributed by atoms with Gasteiger partial charge in [0.1, 0.15) is 5.54 Å². The highest BCUT2D eigenvalue weighted by Crippen LogP contribution is 2.34. The zero-order valence-electron chi connectivity index (χ0n) is 9.83. The van der Waals surface area contributed by atoms with Crippen LogP contribution >= 0.6 is 24.0 Å². The number of carbonyl (C=O) groups excluding carboxylic acids is 1. The van der Waals surface area contributed by atoms with Gasteiger partial charge in [0, 0.05) is 11.4 Å². The van der Waals surface area contributed by atoms with Crippen LogP contribution in [0.2, 0.25) is 5.02 Å². The molecule has 1 aliphatic rings. The maximum Gasteiger partial charge on any atom is 0.157 e. The number of hydrogen-bond donors (Lipinski definition) is 1. The summed E-state index contributed by atoms with van der Waals surface area (Å²) in [7, 11) is 1.86. The number of Topliss-reactive ketones (excluding diaryl/α,β-unsaturated/α-hetero) is 1. The first-order valence-electron chi connectivity index (χ1n) is 5.67. The number of benzene rings is 1. The minimum atomic E-state index is -0.483. The Morgan fingerprint density at radius 1 is 1.24 bits per heavy atom. The Bertz CT molecular complexity index is 391. The highest BCUT2D eigenvalue weighted by molar-refractivity contribution is 6.30. The molecule has 0 amide bonds. The van der Waals surface area contributed by atoms with Gasteiger partial charge < -0.3 is 5.32 Å². The molecule has 17 heavy (non-hydrogen) atoms. The summed E-state index contributed by atoms with van der Waals surface area (Å²) in [5.41, 5.74) is 0.548. The highest BCUT2D eigenvalue weighted by Gasteiger charge is 2.39. The van der Waals surface area contributed by atoms with Crippen LogP contribution in [0.1, 0.15) is 31.2 Å². The molecular weight excluding hydrogens is 257 g/mol. The van der Waals surface area contributed by atoms with E-state index in [0.717, 1.165) is 24.8 Å². The van der Waals surface area contributed by atoms with Crippen LogP contribution in [0.5, 0.6) is 0 Å². The average molecular weight is 274 g/mol. The lowest BCUT2D eigenvalue weighted by atomic mass is 9.76. The van der Waals surface area contributed by atoms with Gasteiger partial charge in [0.25, 0.3) is 0 Å². The summed E-state index contributed by atoms with van der Waals surface area (Å²) >= 11 is 5.87. The Hall–Kier alpha value is -0.570. The van der Waals surface area contributed by atoms with Crippen LogP contribution in [-0.2, 0) is 10.3 Å². The smallest absolute Gasteiger partial charge is 0.157 e. The van der Waals surface area contributed by atoms with Crippen molar-refractivity contribution >= 4 is 29.8 Å². The molecule has 1 aromatic carbocycles. The summed E-state index contributed by atoms with van der Waals surface area (Å²) in [6.45, 7) is 0. The first kappa shape index (κ1) is 14.5. The van der Waals surface area contributed by atoms with Crippen molar-refractivity contribution in [3.63, 3.8) is 0 Å². The zero-order valence-corrected chi connectivity index (χ0v) is 11.4. The topological polar surface area (TPSA) is 29.1 Å². The quantitative estimate of drug-likeness (QED) is 0.896. The van der Waals surface area contributed by atoms with Gasteiger partial charge in [0.15, 0.2) is 5.78 Å². The minimum Gasteiger partial charge on any atom is -0.304 e. The minimum absolute atomic E-state index is 0. The van der Waals surface area contributed by atoms with Crippen LogP contribution in [0.4, 0.5) is 0 Å². The van der Waals surface area contributed by atoms with E-state index in [4.69, 9.17) is 11.6 Å². The van der Waals surface area contributed by atoms with Gasteiger partial charge in [-0.25, -0.2) is 0 Å². The SMILES string of the molecule is CNC1(c2ccc(Cl)cc2)CCCCC1=O.Cl. The Morgan fingerprint density at radius 3 is 2.41 bits per heavy atom. The summed E-state index contributed by atoms with van der Waals surface area (Å²) in [6.07, 6.45) is 3.65. The fourth-order valence-corrected chi connectivity index (χ4v) is 2.60. The van der Waals surface area contributed by atoms with Crippen LogP contribution in [0.25, 0.3) is 0 Å². The summed E-state index contributed by atoms with van der Waals surface area (Å²) in [4.78, 5) is 12.1. The summed E-state index contributed by atoms with van der Waals surface area (Å²) in [5, 5.41) is 3.92.